The molecule has 0 bridgehead atoms. The van der Waals surface area contributed by atoms with Crippen molar-refractivity contribution in [2.45, 2.75) is 44.7 Å². The van der Waals surface area contributed by atoms with Crippen LogP contribution in [0.5, 0.6) is 0 Å². The summed E-state index contributed by atoms with van der Waals surface area (Å²) >= 11 is 1.56. The first-order valence-corrected chi connectivity index (χ1v) is 8.76. The lowest BCUT2D eigenvalue weighted by Gasteiger charge is -2.25. The van der Waals surface area contributed by atoms with Crippen molar-refractivity contribution in [3.05, 3.63) is 21.2 Å². The van der Waals surface area contributed by atoms with E-state index >= 15 is 0 Å². The second kappa shape index (κ2) is 5.72. The summed E-state index contributed by atoms with van der Waals surface area (Å²) in [7, 11) is 0. The van der Waals surface area contributed by atoms with Crippen molar-refractivity contribution < 1.29 is 4.74 Å². The predicted molar refractivity (Wildman–Crippen MR) is 85.5 cm³/mol. The summed E-state index contributed by atoms with van der Waals surface area (Å²) in [5.41, 5.74) is 0.542. The molecule has 2 aromatic heterocycles. The molecule has 0 aromatic carbocycles. The molecule has 0 saturated carbocycles. The van der Waals surface area contributed by atoms with E-state index < -0.39 is 0 Å². The SMILES string of the molecule is Cc1nc2sc([C@H]3CCCN3)nc2c(=O)n1C1CCOCC1. The van der Waals surface area contributed by atoms with E-state index in [1.54, 1.807) is 11.3 Å². The second-order valence-corrected chi connectivity index (χ2v) is 7.04. The Hall–Kier alpha value is -1.31. The van der Waals surface area contributed by atoms with Crippen LogP contribution in [-0.4, -0.2) is 34.3 Å². The molecule has 0 radical (unpaired) electrons. The molecular weight excluding hydrogens is 300 g/mol. The van der Waals surface area contributed by atoms with Crippen LogP contribution in [0.4, 0.5) is 0 Å². The predicted octanol–water partition coefficient (Wildman–Crippen LogP) is 1.94. The van der Waals surface area contributed by atoms with E-state index in [1.807, 2.05) is 11.5 Å². The summed E-state index contributed by atoms with van der Waals surface area (Å²) in [6, 6.07) is 0.475. The van der Waals surface area contributed by atoms with Gasteiger partial charge in [0.25, 0.3) is 5.56 Å². The van der Waals surface area contributed by atoms with Gasteiger partial charge in [-0.15, -0.1) is 0 Å². The first kappa shape index (κ1) is 14.3. The van der Waals surface area contributed by atoms with Gasteiger partial charge in [0.05, 0.1) is 6.04 Å². The van der Waals surface area contributed by atoms with E-state index in [0.717, 1.165) is 41.5 Å². The Kier molecular flexibility index (Phi) is 3.71. The van der Waals surface area contributed by atoms with E-state index in [2.05, 4.69) is 15.3 Å². The molecule has 118 valence electrons. The summed E-state index contributed by atoms with van der Waals surface area (Å²) in [4.78, 5) is 22.9. The lowest BCUT2D eigenvalue weighted by molar-refractivity contribution is 0.0679. The van der Waals surface area contributed by atoms with E-state index in [9.17, 15) is 4.79 Å². The van der Waals surface area contributed by atoms with Crippen LogP contribution in [0.1, 0.15) is 48.6 Å². The van der Waals surface area contributed by atoms with Crippen LogP contribution in [0, 0.1) is 6.92 Å². The molecule has 2 aliphatic heterocycles. The third-order valence-electron chi connectivity index (χ3n) is 4.57. The van der Waals surface area contributed by atoms with E-state index in [4.69, 9.17) is 4.74 Å². The first-order valence-electron chi connectivity index (χ1n) is 7.95. The number of aromatic nitrogens is 3. The van der Waals surface area contributed by atoms with Gasteiger partial charge in [-0.3, -0.25) is 9.36 Å². The minimum Gasteiger partial charge on any atom is -0.381 e. The number of hydrogen-bond acceptors (Lipinski definition) is 6. The second-order valence-electron chi connectivity index (χ2n) is 6.03. The topological polar surface area (TPSA) is 69.0 Å². The van der Waals surface area contributed by atoms with Crippen LogP contribution < -0.4 is 10.9 Å². The van der Waals surface area contributed by atoms with Crippen molar-refractivity contribution in [1.82, 2.24) is 19.9 Å². The molecule has 22 heavy (non-hydrogen) atoms. The molecule has 7 heteroatoms. The molecular formula is C15H20N4O2S. The molecule has 2 aliphatic rings. The van der Waals surface area contributed by atoms with E-state index in [1.165, 1.54) is 6.42 Å². The molecule has 4 heterocycles. The average molecular weight is 320 g/mol. The van der Waals surface area contributed by atoms with Gasteiger partial charge in [-0.2, -0.15) is 0 Å². The Morgan fingerprint density at radius 3 is 2.82 bits per heavy atom. The fourth-order valence-corrected chi connectivity index (χ4v) is 4.51. The molecule has 0 amide bonds. The maximum absolute atomic E-state index is 12.9. The Labute approximate surface area is 132 Å². The number of ether oxygens (including phenoxy) is 1. The Morgan fingerprint density at radius 2 is 2.09 bits per heavy atom. The summed E-state index contributed by atoms with van der Waals surface area (Å²) in [6.45, 7) is 4.37. The lowest BCUT2D eigenvalue weighted by Crippen LogP contribution is -2.31. The molecule has 0 aliphatic carbocycles. The zero-order valence-electron chi connectivity index (χ0n) is 12.7. The highest BCUT2D eigenvalue weighted by atomic mass is 32.1. The molecule has 2 saturated heterocycles. The van der Waals surface area contributed by atoms with Crippen LogP contribution in [0.25, 0.3) is 10.3 Å². The number of fused-ring (bicyclic) bond motifs is 1. The molecule has 0 spiro atoms. The highest BCUT2D eigenvalue weighted by molar-refractivity contribution is 7.18. The number of nitrogens with one attached hydrogen (secondary N) is 1. The number of aryl methyl sites for hydroxylation is 1. The highest BCUT2D eigenvalue weighted by Crippen LogP contribution is 2.29. The normalized spacial score (nSPS) is 23.4. The van der Waals surface area contributed by atoms with Crippen LogP contribution in [0.2, 0.25) is 0 Å². The maximum Gasteiger partial charge on any atom is 0.281 e. The summed E-state index contributed by atoms with van der Waals surface area (Å²) in [5.74, 6) is 0.791. The van der Waals surface area contributed by atoms with Gasteiger partial charge in [-0.25, -0.2) is 9.97 Å². The fraction of sp³-hybridized carbons (Fsp3) is 0.667. The molecule has 0 unspecified atom stereocenters. The van der Waals surface area contributed by atoms with Crippen molar-refractivity contribution in [1.29, 1.82) is 0 Å². The van der Waals surface area contributed by atoms with Gasteiger partial charge in [0.2, 0.25) is 0 Å². The molecule has 1 atom stereocenters. The molecule has 1 N–H and O–H groups in total. The summed E-state index contributed by atoms with van der Waals surface area (Å²) < 4.78 is 7.23. The van der Waals surface area contributed by atoms with Crippen LogP contribution in [-0.2, 0) is 4.74 Å². The minimum absolute atomic E-state index is 0.00916. The van der Waals surface area contributed by atoms with Gasteiger partial charge in [0, 0.05) is 19.3 Å². The van der Waals surface area contributed by atoms with Gasteiger partial charge < -0.3 is 10.1 Å². The third kappa shape index (κ3) is 2.37. The van der Waals surface area contributed by atoms with Gasteiger partial charge >= 0.3 is 0 Å². The Balaban J connectivity index is 1.79. The van der Waals surface area contributed by atoms with Gasteiger partial charge in [-0.1, -0.05) is 11.3 Å². The highest BCUT2D eigenvalue weighted by Gasteiger charge is 2.25. The maximum atomic E-state index is 12.9. The molecule has 4 rings (SSSR count). The molecule has 6 nitrogen and oxygen atoms in total. The monoisotopic (exact) mass is 320 g/mol. The number of nitrogens with zero attached hydrogens (tertiary/aromatic N) is 3. The number of hydrogen-bond donors (Lipinski definition) is 1. The Morgan fingerprint density at radius 1 is 1.27 bits per heavy atom. The van der Waals surface area contributed by atoms with Crippen molar-refractivity contribution in [2.75, 3.05) is 19.8 Å². The van der Waals surface area contributed by atoms with Crippen LogP contribution in [0.3, 0.4) is 0 Å². The van der Waals surface area contributed by atoms with E-state index in [-0.39, 0.29) is 17.6 Å². The average Bonchev–Trinajstić information content (AvgIpc) is 3.17. The van der Waals surface area contributed by atoms with Crippen molar-refractivity contribution >= 4 is 21.7 Å². The number of thiazole rings is 1. The third-order valence-corrected chi connectivity index (χ3v) is 5.64. The van der Waals surface area contributed by atoms with Gasteiger partial charge in [0.15, 0.2) is 10.3 Å². The van der Waals surface area contributed by atoms with E-state index in [0.29, 0.717) is 18.7 Å². The smallest absolute Gasteiger partial charge is 0.281 e. The standard InChI is InChI=1S/C15H20N4O2S/c1-9-17-14-12(18-13(22-14)11-3-2-6-16-11)15(20)19(9)10-4-7-21-8-5-10/h10-11,16H,2-8H2,1H3/t11-/m1/s1. The zero-order valence-corrected chi connectivity index (χ0v) is 13.5. The first-order chi connectivity index (χ1) is 10.7. The van der Waals surface area contributed by atoms with Gasteiger partial charge in [0.1, 0.15) is 10.8 Å². The zero-order chi connectivity index (χ0) is 15.1. The van der Waals surface area contributed by atoms with Crippen LogP contribution in [0.15, 0.2) is 4.79 Å². The largest absolute Gasteiger partial charge is 0.381 e. The summed E-state index contributed by atoms with van der Waals surface area (Å²) in [5, 5.41) is 4.44. The summed E-state index contributed by atoms with van der Waals surface area (Å²) in [6.07, 6.45) is 4.00. The number of rotatable bonds is 2. The quantitative estimate of drug-likeness (QED) is 0.916. The molecule has 2 aromatic rings. The fourth-order valence-electron chi connectivity index (χ4n) is 3.42. The van der Waals surface area contributed by atoms with Gasteiger partial charge in [-0.05, 0) is 39.2 Å². The van der Waals surface area contributed by atoms with Crippen LogP contribution >= 0.6 is 11.3 Å². The van der Waals surface area contributed by atoms with Crippen molar-refractivity contribution in [3.8, 4) is 0 Å². The lowest BCUT2D eigenvalue weighted by atomic mass is 10.1. The minimum atomic E-state index is 0.00916. The molecule has 2 fully saturated rings. The Bertz CT molecular complexity index is 742. The van der Waals surface area contributed by atoms with Crippen molar-refractivity contribution in [3.63, 3.8) is 0 Å². The van der Waals surface area contributed by atoms with Crippen molar-refractivity contribution in [2.24, 2.45) is 0 Å².